The highest BCUT2D eigenvalue weighted by Crippen LogP contribution is 2.38. The molecule has 3 aromatic rings. The fraction of sp³-hybridized carbons (Fsp3) is 0.394. The average molecular weight is 575 g/mol. The summed E-state index contributed by atoms with van der Waals surface area (Å²) < 4.78 is 28.0. The van der Waals surface area contributed by atoms with Crippen LogP contribution in [0.1, 0.15) is 46.5 Å². The third-order valence-electron chi connectivity index (χ3n) is 8.29. The number of nitrogens with zero attached hydrogens (tertiary/aromatic N) is 1. The molecule has 1 atom stereocenters. The zero-order chi connectivity index (χ0) is 29.0. The first kappa shape index (κ1) is 29.0. The Bertz CT molecular complexity index is 1320. The van der Waals surface area contributed by atoms with Gasteiger partial charge in [-0.3, -0.25) is 14.9 Å². The van der Waals surface area contributed by atoms with Gasteiger partial charge in [0, 0.05) is 38.6 Å². The number of benzene rings is 3. The van der Waals surface area contributed by atoms with Crippen LogP contribution in [0.2, 0.25) is 5.04 Å². The molecule has 0 radical (unpaired) electrons. The van der Waals surface area contributed by atoms with Crippen LogP contribution in [-0.2, 0) is 14.0 Å². The number of anilines is 1. The van der Waals surface area contributed by atoms with Gasteiger partial charge in [-0.05, 0) is 46.3 Å². The summed E-state index contributed by atoms with van der Waals surface area (Å²) >= 11 is 0. The topological polar surface area (TPSA) is 67.9 Å². The summed E-state index contributed by atoms with van der Waals surface area (Å²) in [7, 11) is -2.59. The molecule has 3 aromatic carbocycles. The van der Waals surface area contributed by atoms with E-state index in [1.54, 1.807) is 12.1 Å². The molecule has 0 spiro atoms. The number of nitrogens with one attached hydrogen (secondary N) is 1. The van der Waals surface area contributed by atoms with Gasteiger partial charge in [-0.2, -0.15) is 0 Å². The number of carbonyl (C=O) groups is 2. The number of carbonyl (C=O) groups excluding carboxylic acids is 2. The van der Waals surface area contributed by atoms with E-state index >= 15 is 4.39 Å². The van der Waals surface area contributed by atoms with Crippen molar-refractivity contribution in [3.05, 3.63) is 84.7 Å². The summed E-state index contributed by atoms with van der Waals surface area (Å²) in [6.07, 6.45) is 1.53. The summed E-state index contributed by atoms with van der Waals surface area (Å²) in [6.45, 7) is 9.01. The summed E-state index contributed by atoms with van der Waals surface area (Å²) in [5.74, 6) is -0.498. The van der Waals surface area contributed by atoms with Crippen molar-refractivity contribution in [1.29, 1.82) is 0 Å². The van der Waals surface area contributed by atoms with Gasteiger partial charge in [0.15, 0.2) is 6.10 Å². The van der Waals surface area contributed by atoms with Crippen LogP contribution < -0.4 is 25.3 Å². The highest BCUT2D eigenvalue weighted by atomic mass is 28.4. The maximum absolute atomic E-state index is 15.2. The molecule has 5 rings (SSSR count). The Morgan fingerprint density at radius 2 is 1.51 bits per heavy atom. The van der Waals surface area contributed by atoms with Crippen LogP contribution in [0.4, 0.5) is 10.1 Å². The van der Waals surface area contributed by atoms with Gasteiger partial charge in [-0.1, -0.05) is 81.4 Å². The molecule has 2 saturated heterocycles. The van der Waals surface area contributed by atoms with E-state index in [1.165, 1.54) is 16.4 Å². The molecule has 1 N–H and O–H groups in total. The van der Waals surface area contributed by atoms with E-state index in [1.807, 2.05) is 0 Å². The number of rotatable bonds is 8. The quantitative estimate of drug-likeness (QED) is 0.309. The summed E-state index contributed by atoms with van der Waals surface area (Å²) in [4.78, 5) is 25.5. The second-order valence-corrected chi connectivity index (χ2v) is 16.4. The number of amides is 2. The van der Waals surface area contributed by atoms with Crippen LogP contribution in [0, 0.1) is 11.7 Å². The van der Waals surface area contributed by atoms with Crippen LogP contribution in [0.3, 0.4) is 0 Å². The third-order valence-corrected chi connectivity index (χ3v) is 13.3. The predicted octanol–water partition coefficient (Wildman–Crippen LogP) is 4.80. The molecule has 2 aliphatic heterocycles. The van der Waals surface area contributed by atoms with Gasteiger partial charge in [0.1, 0.15) is 11.6 Å². The average Bonchev–Trinajstić information content (AvgIpc) is 2.96. The maximum atomic E-state index is 15.2. The van der Waals surface area contributed by atoms with Crippen molar-refractivity contribution in [2.45, 2.75) is 57.6 Å². The summed E-state index contributed by atoms with van der Waals surface area (Å²) in [5, 5.41) is 4.74. The van der Waals surface area contributed by atoms with Crippen molar-refractivity contribution in [2.75, 3.05) is 24.6 Å². The van der Waals surface area contributed by atoms with E-state index in [4.69, 9.17) is 9.16 Å². The number of ether oxygens (including phenoxy) is 1. The predicted molar refractivity (Wildman–Crippen MR) is 162 cm³/mol. The first-order chi connectivity index (χ1) is 19.7. The lowest BCUT2D eigenvalue weighted by Crippen LogP contribution is -2.67. The highest BCUT2D eigenvalue weighted by molar-refractivity contribution is 6.99. The summed E-state index contributed by atoms with van der Waals surface area (Å²) in [5.41, 5.74) is 0.534. The first-order valence-electron chi connectivity index (χ1n) is 14.5. The van der Waals surface area contributed by atoms with Crippen LogP contribution in [0.15, 0.2) is 78.9 Å². The number of imide groups is 1. The Morgan fingerprint density at radius 1 is 0.902 bits per heavy atom. The number of hydrogen-bond acceptors (Lipinski definition) is 5. The van der Waals surface area contributed by atoms with Crippen LogP contribution in [0.25, 0.3) is 0 Å². The van der Waals surface area contributed by atoms with Gasteiger partial charge in [-0.25, -0.2) is 4.39 Å². The lowest BCUT2D eigenvalue weighted by molar-refractivity contribution is -0.138. The standard InChI is InChI=1S/C33H39FN2O4Si/c1-33(2,3)41(26-10-6-4-7-11-26,27-12-8-5-9-13-27)39-23-24-18-20-36(21-19-24)29-15-14-25(22-28(29)34)40-30-16-17-31(37)35-32(30)38/h4-15,22,24,30H,16-21,23H2,1-3H3,(H,35,37,38). The Morgan fingerprint density at radius 3 is 2.05 bits per heavy atom. The Balaban J connectivity index is 1.25. The first-order valence-corrected chi connectivity index (χ1v) is 16.4. The molecule has 2 fully saturated rings. The second kappa shape index (κ2) is 12.2. The minimum atomic E-state index is -2.59. The maximum Gasteiger partial charge on any atom is 0.267 e. The lowest BCUT2D eigenvalue weighted by Gasteiger charge is -2.44. The SMILES string of the molecule is CC(C)(C)[Si](OCC1CCN(c2ccc(OC3CCC(=O)NC3=O)cc2F)CC1)(c1ccccc1)c1ccccc1. The number of hydrogen-bond donors (Lipinski definition) is 1. The molecule has 1 unspecified atom stereocenters. The molecule has 0 aromatic heterocycles. The molecule has 41 heavy (non-hydrogen) atoms. The van der Waals surface area contributed by atoms with E-state index in [0.29, 0.717) is 18.2 Å². The molecule has 6 nitrogen and oxygen atoms in total. The van der Waals surface area contributed by atoms with Crippen molar-refractivity contribution >= 4 is 36.2 Å². The van der Waals surface area contributed by atoms with Gasteiger partial charge in [-0.15, -0.1) is 0 Å². The molecule has 0 aliphatic carbocycles. The molecular weight excluding hydrogens is 535 g/mol. The van der Waals surface area contributed by atoms with E-state index in [0.717, 1.165) is 25.9 Å². The normalized spacial score (nSPS) is 18.7. The molecule has 8 heteroatoms. The molecule has 2 aliphatic rings. The van der Waals surface area contributed by atoms with Crippen molar-refractivity contribution in [2.24, 2.45) is 5.92 Å². The van der Waals surface area contributed by atoms with Crippen molar-refractivity contribution in [1.82, 2.24) is 5.32 Å². The van der Waals surface area contributed by atoms with Crippen molar-refractivity contribution < 1.29 is 23.1 Å². The fourth-order valence-corrected chi connectivity index (χ4v) is 10.8. The van der Waals surface area contributed by atoms with Crippen LogP contribution >= 0.6 is 0 Å². The van der Waals surface area contributed by atoms with Gasteiger partial charge in [0.2, 0.25) is 5.91 Å². The van der Waals surface area contributed by atoms with E-state index < -0.39 is 20.3 Å². The van der Waals surface area contributed by atoms with Crippen molar-refractivity contribution in [3.63, 3.8) is 0 Å². The Kier molecular flexibility index (Phi) is 8.61. The smallest absolute Gasteiger partial charge is 0.267 e. The van der Waals surface area contributed by atoms with Gasteiger partial charge >= 0.3 is 0 Å². The van der Waals surface area contributed by atoms with Crippen LogP contribution in [-0.4, -0.2) is 45.9 Å². The van der Waals surface area contributed by atoms with Gasteiger partial charge in [0.25, 0.3) is 14.2 Å². The van der Waals surface area contributed by atoms with Gasteiger partial charge < -0.3 is 14.1 Å². The molecule has 2 amide bonds. The van der Waals surface area contributed by atoms with E-state index in [2.05, 4.69) is 91.7 Å². The van der Waals surface area contributed by atoms with Crippen LogP contribution in [0.5, 0.6) is 5.75 Å². The number of piperidine rings is 2. The molecular formula is C33H39FN2O4Si. The molecule has 0 saturated carbocycles. The van der Waals surface area contributed by atoms with E-state index in [9.17, 15) is 9.59 Å². The minimum absolute atomic E-state index is 0.0722. The second-order valence-electron chi connectivity index (χ2n) is 12.1. The minimum Gasteiger partial charge on any atom is -0.480 e. The lowest BCUT2D eigenvalue weighted by atomic mass is 9.97. The summed E-state index contributed by atoms with van der Waals surface area (Å²) in [6, 6.07) is 26.1. The largest absolute Gasteiger partial charge is 0.480 e. The molecule has 216 valence electrons. The Labute approximate surface area is 243 Å². The Hall–Kier alpha value is -3.49. The third kappa shape index (κ3) is 6.23. The zero-order valence-corrected chi connectivity index (χ0v) is 25.1. The zero-order valence-electron chi connectivity index (χ0n) is 24.1. The van der Waals surface area contributed by atoms with Gasteiger partial charge in [0.05, 0.1) is 5.69 Å². The van der Waals surface area contributed by atoms with E-state index in [-0.39, 0.29) is 35.4 Å². The monoisotopic (exact) mass is 574 g/mol. The molecule has 0 bridgehead atoms. The molecule has 2 heterocycles. The number of halogens is 1. The highest BCUT2D eigenvalue weighted by Gasteiger charge is 2.50. The van der Waals surface area contributed by atoms with Crippen molar-refractivity contribution in [3.8, 4) is 5.75 Å². The fourth-order valence-electron chi connectivity index (χ4n) is 6.11.